The summed E-state index contributed by atoms with van der Waals surface area (Å²) in [6, 6.07) is 23.4. The quantitative estimate of drug-likeness (QED) is 0.350. The molecule has 5 rings (SSSR count). The van der Waals surface area contributed by atoms with Crippen LogP contribution in [-0.4, -0.2) is 38.6 Å². The molecule has 0 bridgehead atoms. The maximum absolute atomic E-state index is 12.6. The molecule has 1 aliphatic heterocycles. The van der Waals surface area contributed by atoms with Crippen LogP contribution in [0.3, 0.4) is 0 Å². The topological polar surface area (TPSA) is 103 Å². The van der Waals surface area contributed by atoms with E-state index in [9.17, 15) is 9.59 Å². The standard InChI is InChI=1S/C28H28N6O2/c1-19-30-27(33-32-19)22-7-4-8-24(16-22)31-28(36)29-17-23-6-2-3-9-25(23)21-13-11-20(12-14-21)18-34-15-5-10-26(34)35/h2-4,6-9,11-14,16H,5,10,15,17-18H2,1H3,(H2,29,31,36)(H,30,32,33). The van der Waals surface area contributed by atoms with E-state index in [2.05, 4.69) is 56.1 Å². The first kappa shape index (κ1) is 23.3. The molecule has 36 heavy (non-hydrogen) atoms. The van der Waals surface area contributed by atoms with Crippen molar-refractivity contribution < 1.29 is 9.59 Å². The van der Waals surface area contributed by atoms with Gasteiger partial charge >= 0.3 is 6.03 Å². The molecule has 3 amide bonds. The van der Waals surface area contributed by atoms with E-state index in [1.165, 1.54) is 0 Å². The minimum absolute atomic E-state index is 0.230. The predicted molar refractivity (Wildman–Crippen MR) is 139 cm³/mol. The number of urea groups is 1. The van der Waals surface area contributed by atoms with Gasteiger partial charge in [-0.3, -0.25) is 9.89 Å². The van der Waals surface area contributed by atoms with Crippen LogP contribution in [0.2, 0.25) is 0 Å². The molecule has 0 atom stereocenters. The Labute approximate surface area is 209 Å². The zero-order valence-electron chi connectivity index (χ0n) is 20.1. The van der Waals surface area contributed by atoms with E-state index in [4.69, 9.17) is 0 Å². The highest BCUT2D eigenvalue weighted by Gasteiger charge is 2.20. The lowest BCUT2D eigenvalue weighted by molar-refractivity contribution is -0.128. The van der Waals surface area contributed by atoms with Gasteiger partial charge in [-0.25, -0.2) is 9.78 Å². The molecule has 0 spiro atoms. The fourth-order valence-corrected chi connectivity index (χ4v) is 4.40. The van der Waals surface area contributed by atoms with E-state index < -0.39 is 0 Å². The number of amides is 3. The first-order valence-electron chi connectivity index (χ1n) is 12.0. The van der Waals surface area contributed by atoms with E-state index >= 15 is 0 Å². The number of carbonyl (C=O) groups excluding carboxylic acids is 2. The molecule has 2 heterocycles. The van der Waals surface area contributed by atoms with Gasteiger partial charge in [-0.05, 0) is 47.7 Å². The number of aromatic amines is 1. The largest absolute Gasteiger partial charge is 0.338 e. The summed E-state index contributed by atoms with van der Waals surface area (Å²) in [6.07, 6.45) is 1.59. The van der Waals surface area contributed by atoms with Crippen molar-refractivity contribution in [2.24, 2.45) is 0 Å². The third-order valence-corrected chi connectivity index (χ3v) is 6.24. The summed E-state index contributed by atoms with van der Waals surface area (Å²) in [7, 11) is 0. The second-order valence-corrected chi connectivity index (χ2v) is 8.91. The Morgan fingerprint density at radius 2 is 1.86 bits per heavy atom. The van der Waals surface area contributed by atoms with Gasteiger partial charge in [-0.15, -0.1) is 0 Å². The number of benzene rings is 3. The van der Waals surface area contributed by atoms with E-state index in [0.29, 0.717) is 31.0 Å². The molecule has 4 aromatic rings. The lowest BCUT2D eigenvalue weighted by atomic mass is 9.98. The first-order chi connectivity index (χ1) is 17.5. The van der Waals surface area contributed by atoms with Crippen LogP contribution in [-0.2, 0) is 17.9 Å². The molecule has 0 unspecified atom stereocenters. The summed E-state index contributed by atoms with van der Waals surface area (Å²) in [5, 5.41) is 12.8. The van der Waals surface area contributed by atoms with Gasteiger partial charge in [0.2, 0.25) is 5.91 Å². The minimum atomic E-state index is -0.293. The van der Waals surface area contributed by atoms with Gasteiger partial charge in [-0.1, -0.05) is 60.7 Å². The smallest absolute Gasteiger partial charge is 0.319 e. The highest BCUT2D eigenvalue weighted by molar-refractivity contribution is 5.90. The van der Waals surface area contributed by atoms with E-state index in [1.54, 1.807) is 0 Å². The number of nitrogens with zero attached hydrogens (tertiary/aromatic N) is 3. The number of likely N-dealkylation sites (tertiary alicyclic amines) is 1. The van der Waals surface area contributed by atoms with Crippen LogP contribution in [0.4, 0.5) is 10.5 Å². The van der Waals surface area contributed by atoms with Crippen molar-refractivity contribution in [3.8, 4) is 22.5 Å². The van der Waals surface area contributed by atoms with Crippen LogP contribution in [0.5, 0.6) is 0 Å². The van der Waals surface area contributed by atoms with Gasteiger partial charge in [0.15, 0.2) is 5.82 Å². The molecule has 0 aliphatic carbocycles. The maximum Gasteiger partial charge on any atom is 0.319 e. The van der Waals surface area contributed by atoms with Crippen LogP contribution in [0, 0.1) is 6.92 Å². The number of anilines is 1. The van der Waals surface area contributed by atoms with Gasteiger partial charge in [-0.2, -0.15) is 5.10 Å². The molecule has 3 aromatic carbocycles. The van der Waals surface area contributed by atoms with Gasteiger partial charge in [0.05, 0.1) is 0 Å². The Bertz CT molecular complexity index is 1380. The number of nitrogens with one attached hydrogen (secondary N) is 3. The second-order valence-electron chi connectivity index (χ2n) is 8.91. The lowest BCUT2D eigenvalue weighted by Crippen LogP contribution is -2.28. The molecule has 1 fully saturated rings. The zero-order valence-corrected chi connectivity index (χ0v) is 20.1. The van der Waals surface area contributed by atoms with Gasteiger partial charge in [0.1, 0.15) is 5.82 Å². The summed E-state index contributed by atoms with van der Waals surface area (Å²) >= 11 is 0. The molecule has 0 saturated carbocycles. The summed E-state index contributed by atoms with van der Waals surface area (Å²) in [5.74, 6) is 1.55. The monoisotopic (exact) mass is 480 g/mol. The SMILES string of the molecule is Cc1nc(-c2cccc(NC(=O)NCc3ccccc3-c3ccc(CN4CCCC4=O)cc3)c2)n[nH]1. The lowest BCUT2D eigenvalue weighted by Gasteiger charge is -2.16. The normalized spacial score (nSPS) is 13.1. The van der Waals surface area contributed by atoms with Gasteiger partial charge < -0.3 is 15.5 Å². The number of hydrogen-bond donors (Lipinski definition) is 3. The maximum atomic E-state index is 12.6. The number of aromatic nitrogens is 3. The number of aryl methyl sites for hydroxylation is 1. The van der Waals surface area contributed by atoms with E-state index in [-0.39, 0.29) is 11.9 Å². The summed E-state index contributed by atoms with van der Waals surface area (Å²) < 4.78 is 0. The molecule has 8 heteroatoms. The highest BCUT2D eigenvalue weighted by atomic mass is 16.2. The van der Waals surface area contributed by atoms with Crippen molar-refractivity contribution in [1.29, 1.82) is 0 Å². The minimum Gasteiger partial charge on any atom is -0.338 e. The molecular weight excluding hydrogens is 452 g/mol. The second kappa shape index (κ2) is 10.4. The Hall–Kier alpha value is -4.46. The molecule has 3 N–H and O–H groups in total. The van der Waals surface area contributed by atoms with Crippen molar-refractivity contribution >= 4 is 17.6 Å². The Morgan fingerprint density at radius 3 is 2.61 bits per heavy atom. The third kappa shape index (κ3) is 5.43. The fourth-order valence-electron chi connectivity index (χ4n) is 4.40. The van der Waals surface area contributed by atoms with Crippen LogP contribution in [0.25, 0.3) is 22.5 Å². The molecule has 1 aliphatic rings. The Morgan fingerprint density at radius 1 is 1.03 bits per heavy atom. The summed E-state index contributed by atoms with van der Waals surface area (Å²) in [4.78, 5) is 30.8. The number of carbonyl (C=O) groups is 2. The third-order valence-electron chi connectivity index (χ3n) is 6.24. The highest BCUT2D eigenvalue weighted by Crippen LogP contribution is 2.25. The number of H-pyrrole nitrogens is 1. The fraction of sp³-hybridized carbons (Fsp3) is 0.214. The van der Waals surface area contributed by atoms with E-state index in [1.807, 2.05) is 54.3 Å². The predicted octanol–water partition coefficient (Wildman–Crippen LogP) is 4.89. The van der Waals surface area contributed by atoms with Crippen molar-refractivity contribution in [3.63, 3.8) is 0 Å². The van der Waals surface area contributed by atoms with Crippen molar-refractivity contribution in [1.82, 2.24) is 25.4 Å². The van der Waals surface area contributed by atoms with E-state index in [0.717, 1.165) is 46.6 Å². The van der Waals surface area contributed by atoms with Crippen LogP contribution >= 0.6 is 0 Å². The number of rotatable bonds is 7. The van der Waals surface area contributed by atoms with Crippen LogP contribution in [0.15, 0.2) is 72.8 Å². The zero-order chi connectivity index (χ0) is 24.9. The number of hydrogen-bond acceptors (Lipinski definition) is 4. The molecule has 1 saturated heterocycles. The summed E-state index contributed by atoms with van der Waals surface area (Å²) in [6.45, 7) is 3.71. The molecule has 182 valence electrons. The average Bonchev–Trinajstić information content (AvgIpc) is 3.51. The molecule has 0 radical (unpaired) electrons. The van der Waals surface area contributed by atoms with Gasteiger partial charge in [0.25, 0.3) is 0 Å². The van der Waals surface area contributed by atoms with Crippen molar-refractivity contribution in [2.75, 3.05) is 11.9 Å². The van der Waals surface area contributed by atoms with Gasteiger partial charge in [0, 0.05) is 37.3 Å². The summed E-state index contributed by atoms with van der Waals surface area (Å²) in [5.41, 5.74) is 5.74. The molecular formula is C28H28N6O2. The molecule has 8 nitrogen and oxygen atoms in total. The first-order valence-corrected chi connectivity index (χ1v) is 12.0. The van der Waals surface area contributed by atoms with Crippen LogP contribution < -0.4 is 10.6 Å². The van der Waals surface area contributed by atoms with Crippen molar-refractivity contribution in [2.45, 2.75) is 32.9 Å². The van der Waals surface area contributed by atoms with Crippen LogP contribution in [0.1, 0.15) is 29.8 Å². The molecule has 1 aromatic heterocycles. The Kier molecular flexibility index (Phi) is 6.75. The van der Waals surface area contributed by atoms with Crippen molar-refractivity contribution in [3.05, 3.63) is 89.7 Å². The average molecular weight is 481 g/mol. The Balaban J connectivity index is 1.22.